The highest BCUT2D eigenvalue weighted by Crippen LogP contribution is 2.28. The van der Waals surface area contributed by atoms with Crippen molar-refractivity contribution in [1.29, 1.82) is 0 Å². The van der Waals surface area contributed by atoms with E-state index in [9.17, 15) is 5.11 Å². The molecular formula is C15H26N4OS. The minimum Gasteiger partial charge on any atom is -0.395 e. The normalized spacial score (nSPS) is 16.0. The molecule has 0 amide bonds. The second-order valence-electron chi connectivity index (χ2n) is 5.34. The third kappa shape index (κ3) is 4.48. The Morgan fingerprint density at radius 2 is 2.10 bits per heavy atom. The van der Waals surface area contributed by atoms with E-state index in [1.165, 1.54) is 32.1 Å². The van der Waals surface area contributed by atoms with E-state index in [0.29, 0.717) is 12.6 Å². The van der Waals surface area contributed by atoms with Gasteiger partial charge in [0.05, 0.1) is 6.61 Å². The van der Waals surface area contributed by atoms with E-state index in [0.717, 1.165) is 23.3 Å². The summed E-state index contributed by atoms with van der Waals surface area (Å²) in [6, 6.07) is 2.50. The third-order valence-electron chi connectivity index (χ3n) is 3.88. The molecule has 1 aliphatic carbocycles. The molecule has 0 unspecified atom stereocenters. The molecule has 0 bridgehead atoms. The summed E-state index contributed by atoms with van der Waals surface area (Å²) >= 11 is 1.55. The van der Waals surface area contributed by atoms with Gasteiger partial charge in [0, 0.05) is 25.2 Å². The van der Waals surface area contributed by atoms with Gasteiger partial charge in [0.2, 0.25) is 0 Å². The number of nitrogens with one attached hydrogen (secondary N) is 1. The van der Waals surface area contributed by atoms with E-state index in [2.05, 4.69) is 27.1 Å². The number of rotatable bonds is 7. The van der Waals surface area contributed by atoms with Crippen molar-refractivity contribution in [3.63, 3.8) is 0 Å². The van der Waals surface area contributed by atoms with Gasteiger partial charge in [-0.3, -0.25) is 0 Å². The molecule has 2 N–H and O–H groups in total. The third-order valence-corrected chi connectivity index (χ3v) is 4.43. The number of aliphatic hydroxyl groups is 1. The lowest BCUT2D eigenvalue weighted by molar-refractivity contribution is 0.289. The van der Waals surface area contributed by atoms with Crippen LogP contribution in [0, 0.1) is 0 Å². The molecule has 1 aromatic rings. The molecule has 1 aliphatic rings. The molecule has 6 heteroatoms. The van der Waals surface area contributed by atoms with Gasteiger partial charge in [-0.25, -0.2) is 9.97 Å². The Morgan fingerprint density at radius 1 is 1.33 bits per heavy atom. The van der Waals surface area contributed by atoms with Gasteiger partial charge in [0.15, 0.2) is 5.16 Å². The van der Waals surface area contributed by atoms with Crippen LogP contribution in [0.5, 0.6) is 0 Å². The molecule has 5 nitrogen and oxygen atoms in total. The first-order valence-electron chi connectivity index (χ1n) is 7.83. The van der Waals surface area contributed by atoms with Crippen molar-refractivity contribution in [3.05, 3.63) is 6.07 Å². The van der Waals surface area contributed by atoms with Crippen molar-refractivity contribution >= 4 is 23.4 Å². The van der Waals surface area contributed by atoms with Crippen molar-refractivity contribution in [1.82, 2.24) is 9.97 Å². The molecule has 1 saturated carbocycles. The van der Waals surface area contributed by atoms with Crippen LogP contribution in [0.2, 0.25) is 0 Å². The number of hydrogen-bond donors (Lipinski definition) is 2. The van der Waals surface area contributed by atoms with Crippen molar-refractivity contribution in [2.75, 3.05) is 36.2 Å². The zero-order valence-electron chi connectivity index (χ0n) is 13.0. The maximum absolute atomic E-state index is 9.42. The molecule has 1 fully saturated rings. The highest BCUT2D eigenvalue weighted by molar-refractivity contribution is 7.98. The van der Waals surface area contributed by atoms with Crippen LogP contribution in [0.1, 0.15) is 39.0 Å². The fourth-order valence-corrected chi connectivity index (χ4v) is 3.28. The summed E-state index contributed by atoms with van der Waals surface area (Å²) in [5, 5.41) is 13.5. The fourth-order valence-electron chi connectivity index (χ4n) is 2.91. The Balaban J connectivity index is 2.26. The Labute approximate surface area is 131 Å². The van der Waals surface area contributed by atoms with Gasteiger partial charge in [-0.2, -0.15) is 0 Å². The Hall–Kier alpha value is -1.01. The van der Waals surface area contributed by atoms with E-state index in [-0.39, 0.29) is 6.61 Å². The summed E-state index contributed by atoms with van der Waals surface area (Å²) in [4.78, 5) is 11.4. The standard InChI is InChI=1S/C15H26N4OS/c1-3-16-13-11-14(18-15(17-13)21-2)19(9-10-20)12-7-5-4-6-8-12/h11-12,20H,3-10H2,1-2H3,(H,16,17,18). The van der Waals surface area contributed by atoms with Crippen LogP contribution in [0.25, 0.3) is 0 Å². The van der Waals surface area contributed by atoms with Crippen LogP contribution in [0.15, 0.2) is 11.2 Å². The molecule has 1 aromatic heterocycles. The van der Waals surface area contributed by atoms with Gasteiger partial charge in [-0.05, 0) is 26.0 Å². The molecule has 0 radical (unpaired) electrons. The van der Waals surface area contributed by atoms with Crippen LogP contribution in [0.4, 0.5) is 11.6 Å². The van der Waals surface area contributed by atoms with Gasteiger partial charge in [-0.1, -0.05) is 31.0 Å². The lowest BCUT2D eigenvalue weighted by atomic mass is 9.94. The Morgan fingerprint density at radius 3 is 2.71 bits per heavy atom. The SMILES string of the molecule is CCNc1cc(N(CCO)C2CCCCC2)nc(SC)n1. The summed E-state index contributed by atoms with van der Waals surface area (Å²) in [6.07, 6.45) is 8.24. The molecular weight excluding hydrogens is 284 g/mol. The molecule has 2 rings (SSSR count). The van der Waals surface area contributed by atoms with E-state index >= 15 is 0 Å². The first-order chi connectivity index (χ1) is 10.3. The Kier molecular flexibility index (Phi) is 6.57. The molecule has 0 aromatic carbocycles. The zero-order chi connectivity index (χ0) is 15.1. The van der Waals surface area contributed by atoms with Gasteiger partial charge < -0.3 is 15.3 Å². The molecule has 21 heavy (non-hydrogen) atoms. The van der Waals surface area contributed by atoms with Gasteiger partial charge in [-0.15, -0.1) is 0 Å². The summed E-state index contributed by atoms with van der Waals surface area (Å²) in [5.74, 6) is 1.80. The van der Waals surface area contributed by atoms with Crippen LogP contribution in [0.3, 0.4) is 0 Å². The largest absolute Gasteiger partial charge is 0.395 e. The maximum Gasteiger partial charge on any atom is 0.191 e. The van der Waals surface area contributed by atoms with Crippen molar-refractivity contribution < 1.29 is 5.11 Å². The van der Waals surface area contributed by atoms with Crippen molar-refractivity contribution in [2.24, 2.45) is 0 Å². The zero-order valence-corrected chi connectivity index (χ0v) is 13.8. The number of thioether (sulfide) groups is 1. The first kappa shape index (κ1) is 16.4. The molecule has 0 spiro atoms. The predicted octanol–water partition coefficient (Wildman–Crippen LogP) is 2.76. The molecule has 118 valence electrons. The van der Waals surface area contributed by atoms with E-state index < -0.39 is 0 Å². The maximum atomic E-state index is 9.42. The van der Waals surface area contributed by atoms with Crippen LogP contribution < -0.4 is 10.2 Å². The van der Waals surface area contributed by atoms with Gasteiger partial charge in [0.1, 0.15) is 11.6 Å². The predicted molar refractivity (Wildman–Crippen MR) is 89.3 cm³/mol. The number of anilines is 2. The van der Waals surface area contributed by atoms with Crippen LogP contribution in [-0.2, 0) is 0 Å². The van der Waals surface area contributed by atoms with Crippen molar-refractivity contribution in [3.8, 4) is 0 Å². The average Bonchev–Trinajstić information content (AvgIpc) is 2.53. The number of aromatic nitrogens is 2. The fraction of sp³-hybridized carbons (Fsp3) is 0.733. The molecule has 0 saturated heterocycles. The molecule has 0 aliphatic heterocycles. The van der Waals surface area contributed by atoms with E-state index in [1.807, 2.05) is 12.3 Å². The van der Waals surface area contributed by atoms with E-state index in [4.69, 9.17) is 0 Å². The topological polar surface area (TPSA) is 61.3 Å². The Bertz CT molecular complexity index is 438. The van der Waals surface area contributed by atoms with E-state index in [1.54, 1.807) is 11.8 Å². The number of nitrogens with zero attached hydrogens (tertiary/aromatic N) is 3. The smallest absolute Gasteiger partial charge is 0.191 e. The summed E-state index contributed by atoms with van der Waals surface area (Å²) in [7, 11) is 0. The summed E-state index contributed by atoms with van der Waals surface area (Å²) in [5.41, 5.74) is 0. The lowest BCUT2D eigenvalue weighted by Crippen LogP contribution is -2.39. The van der Waals surface area contributed by atoms with Crippen molar-refractivity contribution in [2.45, 2.75) is 50.2 Å². The van der Waals surface area contributed by atoms with Gasteiger partial charge >= 0.3 is 0 Å². The van der Waals surface area contributed by atoms with Gasteiger partial charge in [0.25, 0.3) is 0 Å². The minimum atomic E-state index is 0.158. The van der Waals surface area contributed by atoms with Crippen LogP contribution >= 0.6 is 11.8 Å². The highest BCUT2D eigenvalue weighted by Gasteiger charge is 2.23. The molecule has 1 heterocycles. The monoisotopic (exact) mass is 310 g/mol. The summed E-state index contributed by atoms with van der Waals surface area (Å²) < 4.78 is 0. The number of aliphatic hydroxyl groups excluding tert-OH is 1. The first-order valence-corrected chi connectivity index (χ1v) is 9.05. The minimum absolute atomic E-state index is 0.158. The molecule has 0 atom stereocenters. The number of hydrogen-bond acceptors (Lipinski definition) is 6. The quantitative estimate of drug-likeness (QED) is 0.596. The highest BCUT2D eigenvalue weighted by atomic mass is 32.2. The summed E-state index contributed by atoms with van der Waals surface area (Å²) in [6.45, 7) is 3.70. The van der Waals surface area contributed by atoms with Crippen LogP contribution in [-0.4, -0.2) is 47.1 Å². The second kappa shape index (κ2) is 8.44. The second-order valence-corrected chi connectivity index (χ2v) is 6.11. The average molecular weight is 310 g/mol. The lowest BCUT2D eigenvalue weighted by Gasteiger charge is -2.35.